The summed E-state index contributed by atoms with van der Waals surface area (Å²) in [4.78, 5) is 15.7. The molecule has 0 aliphatic heterocycles. The van der Waals surface area contributed by atoms with Crippen LogP contribution in [0.15, 0.2) is 46.9 Å². The van der Waals surface area contributed by atoms with Gasteiger partial charge in [-0.15, -0.1) is 0 Å². The van der Waals surface area contributed by atoms with Gasteiger partial charge in [0.15, 0.2) is 0 Å². The Bertz CT molecular complexity index is 992. The van der Waals surface area contributed by atoms with Crippen molar-refractivity contribution in [1.82, 2.24) is 4.98 Å². The maximum Gasteiger partial charge on any atom is 0.310 e. The first-order chi connectivity index (χ1) is 13.4. The van der Waals surface area contributed by atoms with Crippen molar-refractivity contribution in [3.8, 4) is 23.0 Å². The minimum Gasteiger partial charge on any atom is -0.496 e. The number of carboxylic acids is 1. The third-order valence-electron chi connectivity index (χ3n) is 4.68. The maximum absolute atomic E-state index is 11.2. The van der Waals surface area contributed by atoms with E-state index < -0.39 is 11.9 Å². The molecule has 1 unspecified atom stereocenters. The Hall–Kier alpha value is -3.28. The lowest BCUT2D eigenvalue weighted by Crippen LogP contribution is -2.09. The number of hydrogen-bond acceptors (Lipinski definition) is 5. The Kier molecular flexibility index (Phi) is 5.68. The van der Waals surface area contributed by atoms with Crippen LogP contribution in [0.25, 0.3) is 11.5 Å². The molecular formula is C22H23NO5. The SMILES string of the molecule is COc1ccccc1-c1nc(COc2ccc(C(C)C(=O)O)c(C)c2)c(C)o1. The number of aromatic nitrogens is 1. The second-order valence-electron chi connectivity index (χ2n) is 6.59. The maximum atomic E-state index is 11.2. The lowest BCUT2D eigenvalue weighted by atomic mass is 9.96. The third-order valence-corrected chi connectivity index (χ3v) is 4.68. The number of rotatable bonds is 7. The molecule has 1 N–H and O–H groups in total. The van der Waals surface area contributed by atoms with Crippen molar-refractivity contribution >= 4 is 5.97 Å². The van der Waals surface area contributed by atoms with Crippen LogP contribution in [0.2, 0.25) is 0 Å². The number of para-hydroxylation sites is 1. The number of aliphatic carboxylic acids is 1. The molecule has 0 aliphatic carbocycles. The van der Waals surface area contributed by atoms with E-state index in [1.54, 1.807) is 26.2 Å². The molecule has 0 fully saturated rings. The predicted molar refractivity (Wildman–Crippen MR) is 105 cm³/mol. The molecule has 0 amide bonds. The number of hydrogen-bond donors (Lipinski definition) is 1. The summed E-state index contributed by atoms with van der Waals surface area (Å²) in [7, 11) is 1.61. The van der Waals surface area contributed by atoms with Crippen LogP contribution in [0.5, 0.6) is 11.5 Å². The van der Waals surface area contributed by atoms with Crippen LogP contribution in [-0.2, 0) is 11.4 Å². The van der Waals surface area contributed by atoms with Crippen molar-refractivity contribution in [3.05, 3.63) is 65.0 Å². The number of nitrogens with zero attached hydrogens (tertiary/aromatic N) is 1. The van der Waals surface area contributed by atoms with Gasteiger partial charge < -0.3 is 19.0 Å². The van der Waals surface area contributed by atoms with Gasteiger partial charge in [0.1, 0.15) is 29.6 Å². The minimum absolute atomic E-state index is 0.248. The smallest absolute Gasteiger partial charge is 0.310 e. The van der Waals surface area contributed by atoms with E-state index in [1.807, 2.05) is 44.2 Å². The molecule has 6 heteroatoms. The molecule has 28 heavy (non-hydrogen) atoms. The molecular weight excluding hydrogens is 358 g/mol. The van der Waals surface area contributed by atoms with Crippen molar-refractivity contribution in [1.29, 1.82) is 0 Å². The highest BCUT2D eigenvalue weighted by molar-refractivity contribution is 5.76. The molecule has 1 atom stereocenters. The van der Waals surface area contributed by atoms with E-state index in [0.29, 0.717) is 28.8 Å². The zero-order valence-corrected chi connectivity index (χ0v) is 16.4. The van der Waals surface area contributed by atoms with Crippen molar-refractivity contribution in [3.63, 3.8) is 0 Å². The van der Waals surface area contributed by atoms with Crippen LogP contribution in [0.1, 0.15) is 35.4 Å². The molecule has 146 valence electrons. The normalized spacial score (nSPS) is 11.9. The quantitative estimate of drug-likeness (QED) is 0.637. The van der Waals surface area contributed by atoms with Gasteiger partial charge in [0.25, 0.3) is 0 Å². The van der Waals surface area contributed by atoms with Crippen LogP contribution in [0, 0.1) is 13.8 Å². The van der Waals surface area contributed by atoms with Crippen molar-refractivity contribution in [2.45, 2.75) is 33.3 Å². The van der Waals surface area contributed by atoms with E-state index in [-0.39, 0.29) is 6.61 Å². The summed E-state index contributed by atoms with van der Waals surface area (Å²) in [5.41, 5.74) is 3.12. The lowest BCUT2D eigenvalue weighted by Gasteiger charge is -2.12. The van der Waals surface area contributed by atoms with Crippen molar-refractivity contribution < 1.29 is 23.8 Å². The molecule has 0 spiro atoms. The summed E-state index contributed by atoms with van der Waals surface area (Å²) in [5.74, 6) is 1.09. The Balaban J connectivity index is 1.76. The van der Waals surface area contributed by atoms with Gasteiger partial charge in [-0.25, -0.2) is 4.98 Å². The summed E-state index contributed by atoms with van der Waals surface area (Å²) in [5, 5.41) is 9.19. The molecule has 1 aromatic heterocycles. The summed E-state index contributed by atoms with van der Waals surface area (Å²) in [6.45, 7) is 5.64. The monoisotopic (exact) mass is 381 g/mol. The number of carboxylic acid groups (broad SMARTS) is 1. The number of aryl methyl sites for hydroxylation is 2. The number of benzene rings is 2. The van der Waals surface area contributed by atoms with Gasteiger partial charge in [-0.05, 0) is 56.2 Å². The van der Waals surface area contributed by atoms with Gasteiger partial charge in [0.05, 0.1) is 18.6 Å². The van der Waals surface area contributed by atoms with Gasteiger partial charge in [-0.3, -0.25) is 4.79 Å². The fourth-order valence-corrected chi connectivity index (χ4v) is 3.01. The van der Waals surface area contributed by atoms with E-state index in [1.165, 1.54) is 0 Å². The number of methoxy groups -OCH3 is 1. The summed E-state index contributed by atoms with van der Waals surface area (Å²) in [6.07, 6.45) is 0. The van der Waals surface area contributed by atoms with E-state index >= 15 is 0 Å². The summed E-state index contributed by atoms with van der Waals surface area (Å²) >= 11 is 0. The molecule has 0 saturated heterocycles. The summed E-state index contributed by atoms with van der Waals surface area (Å²) < 4.78 is 17.0. The molecule has 6 nitrogen and oxygen atoms in total. The van der Waals surface area contributed by atoms with Crippen molar-refractivity contribution in [2.24, 2.45) is 0 Å². The number of oxazole rings is 1. The van der Waals surface area contributed by atoms with E-state index in [2.05, 4.69) is 4.98 Å². The van der Waals surface area contributed by atoms with Gasteiger partial charge >= 0.3 is 5.97 Å². The Morgan fingerprint density at radius 1 is 1.21 bits per heavy atom. The largest absolute Gasteiger partial charge is 0.496 e. The molecule has 1 heterocycles. The first kappa shape index (κ1) is 19.5. The molecule has 0 aliphatic rings. The Morgan fingerprint density at radius 3 is 2.64 bits per heavy atom. The van der Waals surface area contributed by atoms with E-state index in [4.69, 9.17) is 13.9 Å². The number of ether oxygens (including phenoxy) is 2. The topological polar surface area (TPSA) is 81.8 Å². The first-order valence-corrected chi connectivity index (χ1v) is 8.96. The summed E-state index contributed by atoms with van der Waals surface area (Å²) in [6, 6.07) is 12.9. The highest BCUT2D eigenvalue weighted by Crippen LogP contribution is 2.31. The highest BCUT2D eigenvalue weighted by Gasteiger charge is 2.17. The molecule has 3 rings (SSSR count). The zero-order chi connectivity index (χ0) is 20.3. The van der Waals surface area contributed by atoms with Gasteiger partial charge in [-0.2, -0.15) is 0 Å². The molecule has 0 radical (unpaired) electrons. The lowest BCUT2D eigenvalue weighted by molar-refractivity contribution is -0.138. The molecule has 0 saturated carbocycles. The first-order valence-electron chi connectivity index (χ1n) is 8.96. The van der Waals surface area contributed by atoms with Crippen LogP contribution in [0.4, 0.5) is 0 Å². The fraction of sp³-hybridized carbons (Fsp3) is 0.273. The van der Waals surface area contributed by atoms with E-state index in [0.717, 1.165) is 16.7 Å². The standard InChI is InChI=1S/C22H23NO5/c1-13-11-16(9-10-17(13)14(2)22(24)25)27-12-19-15(3)28-21(23-19)18-7-5-6-8-20(18)26-4/h5-11,14H,12H2,1-4H3,(H,24,25). The van der Waals surface area contributed by atoms with Crippen LogP contribution < -0.4 is 9.47 Å². The van der Waals surface area contributed by atoms with Crippen LogP contribution in [0.3, 0.4) is 0 Å². The average Bonchev–Trinajstić information content (AvgIpc) is 3.06. The second-order valence-corrected chi connectivity index (χ2v) is 6.59. The van der Waals surface area contributed by atoms with Gasteiger partial charge in [0.2, 0.25) is 5.89 Å². The second kappa shape index (κ2) is 8.17. The molecule has 0 bridgehead atoms. The highest BCUT2D eigenvalue weighted by atomic mass is 16.5. The van der Waals surface area contributed by atoms with Crippen molar-refractivity contribution in [2.75, 3.05) is 7.11 Å². The molecule has 3 aromatic rings. The minimum atomic E-state index is -0.848. The third kappa shape index (κ3) is 4.01. The zero-order valence-electron chi connectivity index (χ0n) is 16.4. The fourth-order valence-electron chi connectivity index (χ4n) is 3.01. The number of carbonyl (C=O) groups is 1. The molecule has 2 aromatic carbocycles. The van der Waals surface area contributed by atoms with Crippen LogP contribution >= 0.6 is 0 Å². The Labute approximate surface area is 163 Å². The van der Waals surface area contributed by atoms with Gasteiger partial charge in [0, 0.05) is 0 Å². The van der Waals surface area contributed by atoms with Gasteiger partial charge in [-0.1, -0.05) is 18.2 Å². The predicted octanol–water partition coefficient (Wildman–Crippen LogP) is 4.73. The Morgan fingerprint density at radius 2 is 1.96 bits per heavy atom. The average molecular weight is 381 g/mol. The van der Waals surface area contributed by atoms with Crippen LogP contribution in [-0.4, -0.2) is 23.2 Å². The van der Waals surface area contributed by atoms with E-state index in [9.17, 15) is 9.90 Å².